The number of fused-ring (bicyclic) bond motifs is 1. The van der Waals surface area contributed by atoms with Gasteiger partial charge in [-0.15, -0.1) is 0 Å². The number of halogens is 2. The van der Waals surface area contributed by atoms with E-state index in [0.717, 1.165) is 4.47 Å². The fraction of sp³-hybridized carbons (Fsp3) is 0.429. The lowest BCUT2D eigenvalue weighted by molar-refractivity contribution is -0.140. The predicted molar refractivity (Wildman–Crippen MR) is 79.1 cm³/mol. The van der Waals surface area contributed by atoms with E-state index in [2.05, 4.69) is 20.9 Å². The smallest absolute Gasteiger partial charge is 0.235 e. The first-order valence-electron chi connectivity index (χ1n) is 6.62. The lowest BCUT2D eigenvalue weighted by Crippen LogP contribution is -2.58. The van der Waals surface area contributed by atoms with Gasteiger partial charge in [-0.1, -0.05) is 15.9 Å². The normalized spacial score (nSPS) is 29.1. The van der Waals surface area contributed by atoms with Crippen molar-refractivity contribution in [2.45, 2.75) is 12.0 Å². The fourth-order valence-corrected chi connectivity index (χ4v) is 3.35. The molecule has 2 N–H and O–H groups in total. The van der Waals surface area contributed by atoms with Crippen LogP contribution in [-0.2, 0) is 15.1 Å². The lowest BCUT2D eigenvalue weighted by atomic mass is 9.74. The molecule has 0 unspecified atom stereocenters. The third kappa shape index (κ3) is 2.15. The second-order valence-electron chi connectivity index (χ2n) is 5.31. The molecule has 1 amide bonds. The Balaban J connectivity index is 2.23. The average molecular weight is 356 g/mol. The van der Waals surface area contributed by atoms with Gasteiger partial charge in [0.05, 0.1) is 12.5 Å². The molecule has 2 aliphatic rings. The topological polar surface area (TPSA) is 67.9 Å². The fourth-order valence-electron chi connectivity index (χ4n) is 2.99. The molecule has 21 heavy (non-hydrogen) atoms. The molecule has 7 heteroatoms. The summed E-state index contributed by atoms with van der Waals surface area (Å²) in [6, 6.07) is 4.61. The third-order valence-corrected chi connectivity index (χ3v) is 4.62. The Kier molecular flexibility index (Phi) is 3.49. The number of hydrogen-bond acceptors (Lipinski definition) is 4. The number of carbonyl (C=O) groups is 1. The zero-order valence-corrected chi connectivity index (χ0v) is 13.1. The van der Waals surface area contributed by atoms with Gasteiger partial charge in [-0.25, -0.2) is 9.38 Å². The summed E-state index contributed by atoms with van der Waals surface area (Å²) in [5, 5.41) is 0. The van der Waals surface area contributed by atoms with Crippen molar-refractivity contribution in [2.24, 2.45) is 16.6 Å². The molecule has 0 radical (unpaired) electrons. The monoisotopic (exact) mass is 355 g/mol. The van der Waals surface area contributed by atoms with Gasteiger partial charge in [-0.3, -0.25) is 9.69 Å². The van der Waals surface area contributed by atoms with E-state index in [-0.39, 0.29) is 18.5 Å². The van der Waals surface area contributed by atoms with Gasteiger partial charge in [-0.05, 0) is 24.6 Å². The average Bonchev–Trinajstić information content (AvgIpc) is 2.47. The molecule has 2 aliphatic heterocycles. The standard InChI is InChI=1S/C14H15BrFN3O2/c1-19-12(20)9-4-5-21-7-14(9,18-13(19)17)10-6-8(15)2-3-11(10)16/h2-3,6,9H,4-5,7H2,1H3,(H2,17,18)/t9-,14-/m0/s1. The molecule has 0 saturated carbocycles. The number of nitrogens with zero attached hydrogens (tertiary/aromatic N) is 2. The third-order valence-electron chi connectivity index (χ3n) is 4.13. The SMILES string of the molecule is CN1C(=O)[C@@H]2CCOC[C@]2(c2cc(Br)ccc2F)N=C1N. The van der Waals surface area contributed by atoms with Crippen molar-refractivity contribution in [3.63, 3.8) is 0 Å². The first-order chi connectivity index (χ1) is 9.95. The van der Waals surface area contributed by atoms with E-state index in [4.69, 9.17) is 10.5 Å². The van der Waals surface area contributed by atoms with Crippen LogP contribution in [0.1, 0.15) is 12.0 Å². The number of rotatable bonds is 1. The van der Waals surface area contributed by atoms with Crippen molar-refractivity contribution in [3.8, 4) is 0 Å². The van der Waals surface area contributed by atoms with Crippen molar-refractivity contribution in [1.29, 1.82) is 0 Å². The van der Waals surface area contributed by atoms with Crippen LogP contribution in [0.4, 0.5) is 4.39 Å². The van der Waals surface area contributed by atoms with Gasteiger partial charge >= 0.3 is 0 Å². The molecular formula is C14H15BrFN3O2. The number of hydrogen-bond donors (Lipinski definition) is 1. The van der Waals surface area contributed by atoms with E-state index in [1.54, 1.807) is 19.2 Å². The number of benzene rings is 1. The molecule has 1 saturated heterocycles. The minimum atomic E-state index is -1.08. The van der Waals surface area contributed by atoms with Gasteiger partial charge in [0.2, 0.25) is 5.91 Å². The van der Waals surface area contributed by atoms with Crippen molar-refractivity contribution in [1.82, 2.24) is 4.90 Å². The van der Waals surface area contributed by atoms with Gasteiger partial charge in [0, 0.05) is 23.7 Å². The maximum absolute atomic E-state index is 14.4. The zero-order chi connectivity index (χ0) is 15.2. The molecule has 1 aromatic rings. The number of nitrogens with two attached hydrogens (primary N) is 1. The molecule has 1 fully saturated rings. The molecule has 0 aliphatic carbocycles. The quantitative estimate of drug-likeness (QED) is 0.831. The second-order valence-corrected chi connectivity index (χ2v) is 6.23. The van der Waals surface area contributed by atoms with Crippen LogP contribution in [0.25, 0.3) is 0 Å². The predicted octanol–water partition coefficient (Wildman–Crippen LogP) is 1.61. The molecule has 2 atom stereocenters. The molecule has 0 bridgehead atoms. The highest BCUT2D eigenvalue weighted by Crippen LogP contribution is 2.44. The van der Waals surface area contributed by atoms with Gasteiger partial charge in [0.25, 0.3) is 0 Å². The van der Waals surface area contributed by atoms with Crippen LogP contribution in [0.3, 0.4) is 0 Å². The van der Waals surface area contributed by atoms with E-state index < -0.39 is 17.3 Å². The number of ether oxygens (including phenoxy) is 1. The maximum atomic E-state index is 14.4. The Morgan fingerprint density at radius 1 is 1.57 bits per heavy atom. The van der Waals surface area contributed by atoms with Crippen molar-refractivity contribution in [2.75, 3.05) is 20.3 Å². The summed E-state index contributed by atoms with van der Waals surface area (Å²) in [6.45, 7) is 0.600. The van der Waals surface area contributed by atoms with Crippen molar-refractivity contribution in [3.05, 3.63) is 34.1 Å². The van der Waals surface area contributed by atoms with Gasteiger partial charge in [0.1, 0.15) is 11.4 Å². The molecule has 0 spiro atoms. The first-order valence-corrected chi connectivity index (χ1v) is 7.41. The summed E-state index contributed by atoms with van der Waals surface area (Å²) >= 11 is 3.34. The second kappa shape index (κ2) is 5.06. The molecular weight excluding hydrogens is 341 g/mol. The van der Waals surface area contributed by atoms with Crippen LogP contribution < -0.4 is 5.73 Å². The largest absolute Gasteiger partial charge is 0.379 e. The molecule has 3 rings (SSSR count). The van der Waals surface area contributed by atoms with Gasteiger partial charge in [0.15, 0.2) is 5.96 Å². The van der Waals surface area contributed by atoms with Gasteiger partial charge in [-0.2, -0.15) is 0 Å². The Morgan fingerprint density at radius 3 is 3.10 bits per heavy atom. The Bertz CT molecular complexity index is 637. The molecule has 112 valence electrons. The van der Waals surface area contributed by atoms with Crippen molar-refractivity contribution < 1.29 is 13.9 Å². The summed E-state index contributed by atoms with van der Waals surface area (Å²) in [7, 11) is 1.58. The highest BCUT2D eigenvalue weighted by molar-refractivity contribution is 9.10. The van der Waals surface area contributed by atoms with E-state index in [9.17, 15) is 9.18 Å². The summed E-state index contributed by atoms with van der Waals surface area (Å²) in [6.07, 6.45) is 0.492. The number of guanidine groups is 1. The highest BCUT2D eigenvalue weighted by Gasteiger charge is 2.52. The summed E-state index contributed by atoms with van der Waals surface area (Å²) in [5.74, 6) is -0.943. The highest BCUT2D eigenvalue weighted by atomic mass is 79.9. The Hall–Kier alpha value is -1.47. The van der Waals surface area contributed by atoms with Crippen LogP contribution in [0, 0.1) is 11.7 Å². The number of aliphatic imine (C=N–C) groups is 1. The minimum Gasteiger partial charge on any atom is -0.379 e. The van der Waals surface area contributed by atoms with Crippen molar-refractivity contribution >= 4 is 27.8 Å². The summed E-state index contributed by atoms with van der Waals surface area (Å²) < 4.78 is 20.6. The van der Waals surface area contributed by atoms with Crippen LogP contribution >= 0.6 is 15.9 Å². The zero-order valence-electron chi connectivity index (χ0n) is 11.5. The minimum absolute atomic E-state index is 0.0844. The Labute approximate surface area is 130 Å². The lowest BCUT2D eigenvalue weighted by Gasteiger charge is -2.45. The molecule has 0 aromatic heterocycles. The van der Waals surface area contributed by atoms with E-state index >= 15 is 0 Å². The number of amides is 1. The molecule has 2 heterocycles. The number of carbonyl (C=O) groups excluding carboxylic acids is 1. The van der Waals surface area contributed by atoms with E-state index in [1.165, 1.54) is 11.0 Å². The van der Waals surface area contributed by atoms with E-state index in [0.29, 0.717) is 18.6 Å². The van der Waals surface area contributed by atoms with Crippen LogP contribution in [0.5, 0.6) is 0 Å². The first kappa shape index (κ1) is 14.5. The van der Waals surface area contributed by atoms with E-state index in [1.807, 2.05) is 0 Å². The van der Waals surface area contributed by atoms with Crippen LogP contribution in [-0.4, -0.2) is 37.0 Å². The van der Waals surface area contributed by atoms with Crippen LogP contribution in [0.15, 0.2) is 27.7 Å². The summed E-state index contributed by atoms with van der Waals surface area (Å²) in [5.41, 5.74) is 5.11. The van der Waals surface area contributed by atoms with Gasteiger partial charge < -0.3 is 10.5 Å². The maximum Gasteiger partial charge on any atom is 0.235 e. The summed E-state index contributed by atoms with van der Waals surface area (Å²) in [4.78, 5) is 18.3. The molecule has 5 nitrogen and oxygen atoms in total. The van der Waals surface area contributed by atoms with Crippen LogP contribution in [0.2, 0.25) is 0 Å². The Morgan fingerprint density at radius 2 is 2.33 bits per heavy atom. The molecule has 1 aromatic carbocycles.